The molecule has 3 rings (SSSR count). The number of hydrogen-bond donors (Lipinski definition) is 1. The molecule has 0 aromatic heterocycles. The fraction of sp³-hybridized carbons (Fsp3) is 0.250. The average Bonchev–Trinajstić information content (AvgIpc) is 3.27. The van der Waals surface area contributed by atoms with Crippen molar-refractivity contribution in [1.82, 2.24) is 5.32 Å². The van der Waals surface area contributed by atoms with E-state index in [2.05, 4.69) is 5.32 Å². The smallest absolute Gasteiger partial charge is 0.137 e. The molecule has 2 aromatic rings. The first kappa shape index (κ1) is 14.5. The van der Waals surface area contributed by atoms with Crippen molar-refractivity contribution in [2.75, 3.05) is 0 Å². The van der Waals surface area contributed by atoms with E-state index in [4.69, 9.17) is 0 Å². The van der Waals surface area contributed by atoms with Crippen molar-refractivity contribution in [1.29, 1.82) is 0 Å². The van der Waals surface area contributed by atoms with Crippen molar-refractivity contribution >= 4 is 11.8 Å². The van der Waals surface area contributed by atoms with Gasteiger partial charge in [0.2, 0.25) is 0 Å². The van der Waals surface area contributed by atoms with Gasteiger partial charge in [-0.25, -0.2) is 13.2 Å². The molecule has 0 aliphatic heterocycles. The van der Waals surface area contributed by atoms with E-state index >= 15 is 0 Å². The molecular formula is C16H14F3NS. The van der Waals surface area contributed by atoms with Crippen LogP contribution in [0.25, 0.3) is 0 Å². The minimum Gasteiger partial charge on any atom is -0.310 e. The first-order valence-electron chi connectivity index (χ1n) is 6.77. The highest BCUT2D eigenvalue weighted by molar-refractivity contribution is 7.99. The van der Waals surface area contributed by atoms with Crippen LogP contribution in [0.1, 0.15) is 18.4 Å². The topological polar surface area (TPSA) is 12.0 Å². The largest absolute Gasteiger partial charge is 0.310 e. The molecule has 0 unspecified atom stereocenters. The molecule has 110 valence electrons. The van der Waals surface area contributed by atoms with Gasteiger partial charge in [0.05, 0.1) is 9.79 Å². The molecule has 1 aliphatic carbocycles. The van der Waals surface area contributed by atoms with Crippen molar-refractivity contribution in [2.24, 2.45) is 0 Å². The summed E-state index contributed by atoms with van der Waals surface area (Å²) < 4.78 is 41.0. The summed E-state index contributed by atoms with van der Waals surface area (Å²) in [4.78, 5) is 0.433. The fourth-order valence-electron chi connectivity index (χ4n) is 2.01. The van der Waals surface area contributed by atoms with Crippen molar-refractivity contribution in [2.45, 2.75) is 35.2 Å². The summed E-state index contributed by atoms with van der Waals surface area (Å²) in [5.74, 6) is -1.50. The molecule has 1 aliphatic rings. The molecule has 0 bridgehead atoms. The molecule has 2 aromatic carbocycles. The number of nitrogens with one attached hydrogen (secondary N) is 1. The molecule has 0 heterocycles. The van der Waals surface area contributed by atoms with E-state index < -0.39 is 17.5 Å². The fourth-order valence-corrected chi connectivity index (χ4v) is 3.01. The van der Waals surface area contributed by atoms with Gasteiger partial charge >= 0.3 is 0 Å². The Kier molecular flexibility index (Phi) is 4.22. The molecule has 1 fully saturated rings. The highest BCUT2D eigenvalue weighted by Gasteiger charge is 2.21. The summed E-state index contributed by atoms with van der Waals surface area (Å²) in [7, 11) is 0. The molecular weight excluding hydrogens is 295 g/mol. The van der Waals surface area contributed by atoms with Gasteiger partial charge < -0.3 is 5.32 Å². The maximum Gasteiger partial charge on any atom is 0.137 e. The maximum absolute atomic E-state index is 14.0. The lowest BCUT2D eigenvalue weighted by molar-refractivity contribution is 0.574. The van der Waals surface area contributed by atoms with Gasteiger partial charge in [-0.2, -0.15) is 0 Å². The van der Waals surface area contributed by atoms with Crippen LogP contribution in [0.2, 0.25) is 0 Å². The molecule has 0 atom stereocenters. The zero-order valence-electron chi connectivity index (χ0n) is 11.2. The summed E-state index contributed by atoms with van der Waals surface area (Å²) in [6.07, 6.45) is 2.27. The molecule has 1 saturated carbocycles. The summed E-state index contributed by atoms with van der Waals surface area (Å²) in [6, 6.07) is 8.46. The molecule has 1 N–H and O–H groups in total. The summed E-state index contributed by atoms with van der Waals surface area (Å²) in [5, 5.41) is 3.30. The number of rotatable bonds is 5. The highest BCUT2D eigenvalue weighted by Crippen LogP contribution is 2.35. The van der Waals surface area contributed by atoms with E-state index in [-0.39, 0.29) is 4.90 Å². The van der Waals surface area contributed by atoms with Crippen molar-refractivity contribution in [3.8, 4) is 0 Å². The van der Waals surface area contributed by atoms with Gasteiger partial charge in [0.1, 0.15) is 17.5 Å². The van der Waals surface area contributed by atoms with Gasteiger partial charge in [0, 0.05) is 12.6 Å². The Morgan fingerprint density at radius 3 is 2.62 bits per heavy atom. The normalized spacial score (nSPS) is 14.4. The molecule has 0 amide bonds. The lowest BCUT2D eigenvalue weighted by Crippen LogP contribution is -2.16. The third-order valence-electron chi connectivity index (χ3n) is 3.31. The Balaban J connectivity index is 1.87. The van der Waals surface area contributed by atoms with Crippen LogP contribution in [0.4, 0.5) is 13.2 Å². The maximum atomic E-state index is 14.0. The van der Waals surface area contributed by atoms with Gasteiger partial charge in [-0.3, -0.25) is 0 Å². The molecule has 21 heavy (non-hydrogen) atoms. The molecule has 5 heteroatoms. The van der Waals surface area contributed by atoms with Gasteiger partial charge in [0.25, 0.3) is 0 Å². The molecule has 0 spiro atoms. The van der Waals surface area contributed by atoms with Crippen LogP contribution in [-0.2, 0) is 6.54 Å². The summed E-state index contributed by atoms with van der Waals surface area (Å²) in [5.41, 5.74) is 0.760. The second-order valence-corrected chi connectivity index (χ2v) is 6.11. The molecule has 0 saturated heterocycles. The Labute approximate surface area is 125 Å². The third-order valence-corrected chi connectivity index (χ3v) is 4.51. The van der Waals surface area contributed by atoms with Crippen LogP contribution in [0.3, 0.4) is 0 Å². The standard InChI is InChI=1S/C16H14F3NS/c17-11-4-7-13(18)15(8-11)21-16-10(2-1-3-14(16)19)9-20-12-5-6-12/h1-4,7-8,12,20H,5-6,9H2. The minimum atomic E-state index is -0.550. The van der Waals surface area contributed by atoms with Crippen LogP contribution < -0.4 is 5.32 Å². The quantitative estimate of drug-likeness (QED) is 0.872. The zero-order chi connectivity index (χ0) is 14.8. The second-order valence-electron chi connectivity index (χ2n) is 5.06. The zero-order valence-corrected chi connectivity index (χ0v) is 12.0. The number of halogens is 3. The first-order chi connectivity index (χ1) is 10.1. The lowest BCUT2D eigenvalue weighted by atomic mass is 10.2. The number of benzene rings is 2. The van der Waals surface area contributed by atoms with Crippen LogP contribution in [0.15, 0.2) is 46.2 Å². The Bertz CT molecular complexity index is 656. The SMILES string of the molecule is Fc1ccc(F)c(Sc2c(F)cccc2CNC2CC2)c1. The van der Waals surface area contributed by atoms with Gasteiger partial charge in [-0.05, 0) is 42.7 Å². The summed E-state index contributed by atoms with van der Waals surface area (Å²) >= 11 is 0.924. The van der Waals surface area contributed by atoms with Gasteiger partial charge in [-0.1, -0.05) is 23.9 Å². The average molecular weight is 309 g/mol. The van der Waals surface area contributed by atoms with Crippen molar-refractivity contribution in [3.63, 3.8) is 0 Å². The van der Waals surface area contributed by atoms with E-state index in [0.717, 1.165) is 48.4 Å². The van der Waals surface area contributed by atoms with Crippen LogP contribution in [-0.4, -0.2) is 6.04 Å². The Morgan fingerprint density at radius 1 is 1.05 bits per heavy atom. The number of hydrogen-bond acceptors (Lipinski definition) is 2. The molecule has 0 radical (unpaired) electrons. The minimum absolute atomic E-state index is 0.0905. The predicted molar refractivity (Wildman–Crippen MR) is 76.7 cm³/mol. The lowest BCUT2D eigenvalue weighted by Gasteiger charge is -2.11. The third kappa shape index (κ3) is 3.60. The molecule has 1 nitrogen and oxygen atoms in total. The van der Waals surface area contributed by atoms with E-state index in [0.29, 0.717) is 17.5 Å². The van der Waals surface area contributed by atoms with Crippen LogP contribution >= 0.6 is 11.8 Å². The van der Waals surface area contributed by atoms with Crippen LogP contribution in [0.5, 0.6) is 0 Å². The van der Waals surface area contributed by atoms with Gasteiger partial charge in [-0.15, -0.1) is 0 Å². The van der Waals surface area contributed by atoms with Crippen LogP contribution in [0, 0.1) is 17.5 Å². The Hall–Kier alpha value is -1.46. The predicted octanol–water partition coefficient (Wildman–Crippen LogP) is 4.51. The van der Waals surface area contributed by atoms with E-state index in [9.17, 15) is 13.2 Å². The monoisotopic (exact) mass is 309 g/mol. The first-order valence-corrected chi connectivity index (χ1v) is 7.59. The van der Waals surface area contributed by atoms with E-state index in [1.54, 1.807) is 12.1 Å². The van der Waals surface area contributed by atoms with Crippen molar-refractivity contribution < 1.29 is 13.2 Å². The van der Waals surface area contributed by atoms with Gasteiger partial charge in [0.15, 0.2) is 0 Å². The second kappa shape index (κ2) is 6.12. The van der Waals surface area contributed by atoms with Crippen molar-refractivity contribution in [3.05, 3.63) is 59.4 Å². The summed E-state index contributed by atoms with van der Waals surface area (Å²) in [6.45, 7) is 0.529. The van der Waals surface area contributed by atoms with E-state index in [1.807, 2.05) is 0 Å². The van der Waals surface area contributed by atoms with E-state index in [1.165, 1.54) is 6.07 Å². The Morgan fingerprint density at radius 2 is 1.86 bits per heavy atom. The highest BCUT2D eigenvalue weighted by atomic mass is 32.2.